The van der Waals surface area contributed by atoms with Crippen molar-refractivity contribution in [1.82, 2.24) is 15.1 Å². The molecule has 0 aliphatic carbocycles. The maximum Gasteiger partial charge on any atom is 0.319 e. The number of rotatable bonds is 7. The van der Waals surface area contributed by atoms with E-state index in [4.69, 9.17) is 10.00 Å². The van der Waals surface area contributed by atoms with Crippen molar-refractivity contribution in [3.8, 4) is 11.8 Å². The lowest BCUT2D eigenvalue weighted by atomic mass is 10.2. The topological polar surface area (TPSA) is 92.0 Å². The van der Waals surface area contributed by atoms with E-state index >= 15 is 0 Å². The van der Waals surface area contributed by atoms with Gasteiger partial charge in [0.2, 0.25) is 0 Å². The summed E-state index contributed by atoms with van der Waals surface area (Å²) in [6.45, 7) is 7.60. The standard InChI is InChI=1S/C18H23N5O2/c1-4-25-17-7-6-16(11-15(17)12-19)21-18(24)20-8-5-9-23-14(3)10-13(2)22-23/h6-7,10-11H,4-5,8-9H2,1-3H3,(H2,20,21,24). The third-order valence-corrected chi connectivity index (χ3v) is 3.59. The molecule has 1 heterocycles. The maximum atomic E-state index is 11.9. The fraction of sp³-hybridized carbons (Fsp3) is 0.389. The molecule has 0 saturated carbocycles. The van der Waals surface area contributed by atoms with Gasteiger partial charge in [-0.25, -0.2) is 4.79 Å². The van der Waals surface area contributed by atoms with Gasteiger partial charge in [0.1, 0.15) is 11.8 Å². The van der Waals surface area contributed by atoms with Crippen LogP contribution in [0.4, 0.5) is 10.5 Å². The van der Waals surface area contributed by atoms with Gasteiger partial charge >= 0.3 is 6.03 Å². The average molecular weight is 341 g/mol. The number of benzene rings is 1. The number of urea groups is 1. The molecule has 0 aliphatic heterocycles. The number of anilines is 1. The molecule has 0 unspecified atom stereocenters. The summed E-state index contributed by atoms with van der Waals surface area (Å²) in [6, 6.07) is 8.78. The quantitative estimate of drug-likeness (QED) is 0.757. The Morgan fingerprint density at radius 3 is 2.80 bits per heavy atom. The first-order valence-corrected chi connectivity index (χ1v) is 8.26. The van der Waals surface area contributed by atoms with Gasteiger partial charge in [-0.3, -0.25) is 4.68 Å². The second-order valence-corrected chi connectivity index (χ2v) is 5.64. The minimum absolute atomic E-state index is 0.304. The van der Waals surface area contributed by atoms with Gasteiger partial charge in [-0.05, 0) is 51.5 Å². The molecule has 7 heteroatoms. The molecule has 132 valence electrons. The summed E-state index contributed by atoms with van der Waals surface area (Å²) in [5.74, 6) is 0.515. The van der Waals surface area contributed by atoms with E-state index in [1.54, 1.807) is 18.2 Å². The van der Waals surface area contributed by atoms with Gasteiger partial charge in [0.05, 0.1) is 17.9 Å². The van der Waals surface area contributed by atoms with Crippen molar-refractivity contribution in [3.05, 3.63) is 41.2 Å². The van der Waals surface area contributed by atoms with Crippen LogP contribution < -0.4 is 15.4 Å². The molecule has 2 rings (SSSR count). The smallest absolute Gasteiger partial charge is 0.319 e. The number of hydrogen-bond donors (Lipinski definition) is 2. The summed E-state index contributed by atoms with van der Waals surface area (Å²) >= 11 is 0. The Morgan fingerprint density at radius 1 is 1.36 bits per heavy atom. The minimum atomic E-state index is -0.304. The molecule has 1 aromatic carbocycles. The van der Waals surface area contributed by atoms with E-state index in [0.717, 1.165) is 24.4 Å². The number of carbonyl (C=O) groups is 1. The van der Waals surface area contributed by atoms with Gasteiger partial charge in [0.15, 0.2) is 0 Å². The number of ether oxygens (including phenoxy) is 1. The van der Waals surface area contributed by atoms with Crippen LogP contribution in [-0.2, 0) is 6.54 Å². The number of aryl methyl sites for hydroxylation is 3. The lowest BCUT2D eigenvalue weighted by Crippen LogP contribution is -2.30. The summed E-state index contributed by atoms with van der Waals surface area (Å²) in [5.41, 5.74) is 3.05. The first-order chi connectivity index (χ1) is 12.0. The number of nitrogens with one attached hydrogen (secondary N) is 2. The van der Waals surface area contributed by atoms with Crippen molar-refractivity contribution >= 4 is 11.7 Å². The van der Waals surface area contributed by atoms with Gasteiger partial charge in [-0.15, -0.1) is 0 Å². The zero-order chi connectivity index (χ0) is 18.2. The first-order valence-electron chi connectivity index (χ1n) is 8.26. The molecule has 0 atom stereocenters. The molecule has 0 fully saturated rings. The van der Waals surface area contributed by atoms with Crippen molar-refractivity contribution in [2.75, 3.05) is 18.5 Å². The second kappa shape index (κ2) is 8.73. The fourth-order valence-electron chi connectivity index (χ4n) is 2.48. The molecule has 0 spiro atoms. The third kappa shape index (κ3) is 5.24. The van der Waals surface area contributed by atoms with Crippen LogP contribution in [0.15, 0.2) is 24.3 Å². The Labute approximate surface area is 147 Å². The summed E-state index contributed by atoms with van der Waals surface area (Å²) in [4.78, 5) is 11.9. The van der Waals surface area contributed by atoms with E-state index in [-0.39, 0.29) is 6.03 Å². The highest BCUT2D eigenvalue weighted by atomic mass is 16.5. The number of carbonyl (C=O) groups excluding carboxylic acids is 1. The van der Waals surface area contributed by atoms with Crippen molar-refractivity contribution in [2.24, 2.45) is 0 Å². The van der Waals surface area contributed by atoms with Crippen molar-refractivity contribution in [2.45, 2.75) is 33.7 Å². The predicted octanol–water partition coefficient (Wildman–Crippen LogP) is 2.98. The maximum absolute atomic E-state index is 11.9. The second-order valence-electron chi connectivity index (χ2n) is 5.64. The third-order valence-electron chi connectivity index (χ3n) is 3.59. The van der Waals surface area contributed by atoms with Crippen molar-refractivity contribution in [3.63, 3.8) is 0 Å². The monoisotopic (exact) mass is 341 g/mol. The highest BCUT2D eigenvalue weighted by molar-refractivity contribution is 5.89. The molecule has 0 aliphatic rings. The normalized spacial score (nSPS) is 10.2. The van der Waals surface area contributed by atoms with E-state index in [9.17, 15) is 4.79 Å². The number of nitriles is 1. The van der Waals surface area contributed by atoms with E-state index in [0.29, 0.717) is 30.2 Å². The average Bonchev–Trinajstić information content (AvgIpc) is 2.90. The van der Waals surface area contributed by atoms with Crippen LogP contribution >= 0.6 is 0 Å². The molecule has 2 aromatic rings. The number of amides is 2. The molecule has 0 saturated heterocycles. The summed E-state index contributed by atoms with van der Waals surface area (Å²) in [7, 11) is 0. The molecule has 2 amide bonds. The van der Waals surface area contributed by atoms with Crippen LogP contribution in [0, 0.1) is 25.2 Å². The van der Waals surface area contributed by atoms with Gasteiger partial charge in [-0.2, -0.15) is 10.4 Å². The largest absolute Gasteiger partial charge is 0.492 e. The van der Waals surface area contributed by atoms with E-state index < -0.39 is 0 Å². The highest BCUT2D eigenvalue weighted by Crippen LogP contribution is 2.22. The van der Waals surface area contributed by atoms with Gasteiger partial charge in [0.25, 0.3) is 0 Å². The van der Waals surface area contributed by atoms with Crippen LogP contribution in [0.2, 0.25) is 0 Å². The van der Waals surface area contributed by atoms with Crippen molar-refractivity contribution < 1.29 is 9.53 Å². The van der Waals surface area contributed by atoms with E-state index in [1.807, 2.05) is 31.5 Å². The Bertz CT molecular complexity index is 776. The van der Waals surface area contributed by atoms with E-state index in [1.165, 1.54) is 0 Å². The zero-order valence-corrected chi connectivity index (χ0v) is 14.8. The molecule has 2 N–H and O–H groups in total. The number of aromatic nitrogens is 2. The minimum Gasteiger partial charge on any atom is -0.492 e. The molecule has 25 heavy (non-hydrogen) atoms. The zero-order valence-electron chi connectivity index (χ0n) is 14.8. The van der Waals surface area contributed by atoms with Crippen LogP contribution in [-0.4, -0.2) is 29.0 Å². The Hall–Kier alpha value is -3.01. The summed E-state index contributed by atoms with van der Waals surface area (Å²) in [6.07, 6.45) is 0.780. The first kappa shape index (κ1) is 18.3. The molecule has 0 bridgehead atoms. The Morgan fingerprint density at radius 2 is 2.16 bits per heavy atom. The van der Waals surface area contributed by atoms with Crippen LogP contribution in [0.1, 0.15) is 30.3 Å². The Kier molecular flexibility index (Phi) is 6.40. The molecule has 0 radical (unpaired) electrons. The summed E-state index contributed by atoms with van der Waals surface area (Å²) < 4.78 is 7.29. The van der Waals surface area contributed by atoms with Gasteiger partial charge < -0.3 is 15.4 Å². The molecule has 1 aromatic heterocycles. The SMILES string of the molecule is CCOc1ccc(NC(=O)NCCCn2nc(C)cc2C)cc1C#N. The van der Waals surface area contributed by atoms with Gasteiger partial charge in [-0.1, -0.05) is 0 Å². The van der Waals surface area contributed by atoms with Gasteiger partial charge in [0, 0.05) is 24.5 Å². The van der Waals surface area contributed by atoms with E-state index in [2.05, 4.69) is 21.8 Å². The van der Waals surface area contributed by atoms with Crippen LogP contribution in [0.25, 0.3) is 0 Å². The number of hydrogen-bond acceptors (Lipinski definition) is 4. The molecular formula is C18H23N5O2. The number of nitrogens with zero attached hydrogens (tertiary/aromatic N) is 3. The fourth-order valence-corrected chi connectivity index (χ4v) is 2.48. The lowest BCUT2D eigenvalue weighted by molar-refractivity contribution is 0.251. The Balaban J connectivity index is 1.80. The summed E-state index contributed by atoms with van der Waals surface area (Å²) in [5, 5.41) is 19.0. The highest BCUT2D eigenvalue weighted by Gasteiger charge is 2.07. The predicted molar refractivity (Wildman–Crippen MR) is 95.7 cm³/mol. The van der Waals surface area contributed by atoms with Crippen LogP contribution in [0.5, 0.6) is 5.75 Å². The van der Waals surface area contributed by atoms with Crippen molar-refractivity contribution in [1.29, 1.82) is 5.26 Å². The molecular weight excluding hydrogens is 318 g/mol. The lowest BCUT2D eigenvalue weighted by Gasteiger charge is -2.10. The van der Waals surface area contributed by atoms with Crippen LogP contribution in [0.3, 0.4) is 0 Å². The molecule has 7 nitrogen and oxygen atoms in total.